The Morgan fingerprint density at radius 2 is 1.64 bits per heavy atom. The molecule has 0 N–H and O–H groups in total. The average molecular weight is 461 g/mol. The fourth-order valence-electron chi connectivity index (χ4n) is 5.28. The number of aromatic nitrogens is 1. The van der Waals surface area contributed by atoms with Crippen LogP contribution in [-0.4, -0.2) is 86.5 Å². The van der Waals surface area contributed by atoms with E-state index in [2.05, 4.69) is 39.2 Å². The van der Waals surface area contributed by atoms with Gasteiger partial charge in [-0.2, -0.15) is 8.78 Å². The van der Waals surface area contributed by atoms with Crippen molar-refractivity contribution in [3.63, 3.8) is 0 Å². The van der Waals surface area contributed by atoms with Crippen LogP contribution in [0.15, 0.2) is 24.3 Å². The second-order valence-corrected chi connectivity index (χ2v) is 9.26. The summed E-state index contributed by atoms with van der Waals surface area (Å²) >= 11 is 0. The second-order valence-electron chi connectivity index (χ2n) is 9.26. The SMILES string of the molecule is CCc1c(N2CCN(CCN3CCOCC3)CC2)cc(C)n1-c1ccc2c(c1)C(F)(F)CO2. The summed E-state index contributed by atoms with van der Waals surface area (Å²) < 4.78 is 41.3. The van der Waals surface area contributed by atoms with Crippen LogP contribution in [0.4, 0.5) is 14.5 Å². The number of fused-ring (bicyclic) bond motifs is 1. The zero-order chi connectivity index (χ0) is 23.0. The van der Waals surface area contributed by atoms with E-state index in [0.717, 1.165) is 83.4 Å². The van der Waals surface area contributed by atoms with Crippen LogP contribution in [0.2, 0.25) is 0 Å². The minimum Gasteiger partial charge on any atom is -0.486 e. The highest BCUT2D eigenvalue weighted by molar-refractivity contribution is 5.59. The summed E-state index contributed by atoms with van der Waals surface area (Å²) in [7, 11) is 0. The maximum atomic E-state index is 14.3. The molecule has 1 aromatic heterocycles. The molecule has 6 nitrogen and oxygen atoms in total. The molecule has 33 heavy (non-hydrogen) atoms. The van der Waals surface area contributed by atoms with Gasteiger partial charge in [0.05, 0.1) is 24.5 Å². The van der Waals surface area contributed by atoms with E-state index in [4.69, 9.17) is 9.47 Å². The van der Waals surface area contributed by atoms with Crippen LogP contribution in [0.3, 0.4) is 0 Å². The van der Waals surface area contributed by atoms with Crippen molar-refractivity contribution in [2.45, 2.75) is 26.2 Å². The van der Waals surface area contributed by atoms with Gasteiger partial charge in [-0.3, -0.25) is 9.80 Å². The van der Waals surface area contributed by atoms with Crippen LogP contribution in [0.1, 0.15) is 23.9 Å². The lowest BCUT2D eigenvalue weighted by Gasteiger charge is -2.37. The highest BCUT2D eigenvalue weighted by atomic mass is 19.3. The van der Waals surface area contributed by atoms with E-state index in [9.17, 15) is 8.78 Å². The Bertz CT molecular complexity index is 979. The highest BCUT2D eigenvalue weighted by Crippen LogP contribution is 2.42. The molecule has 2 saturated heterocycles. The summed E-state index contributed by atoms with van der Waals surface area (Å²) in [6, 6.07) is 7.38. The number of nitrogens with zero attached hydrogens (tertiary/aromatic N) is 4. The number of halogens is 2. The van der Waals surface area contributed by atoms with Gasteiger partial charge in [0.15, 0.2) is 6.61 Å². The topological polar surface area (TPSA) is 33.1 Å². The van der Waals surface area contributed by atoms with Crippen LogP contribution < -0.4 is 9.64 Å². The Balaban J connectivity index is 1.29. The van der Waals surface area contributed by atoms with E-state index in [0.29, 0.717) is 5.75 Å². The van der Waals surface area contributed by atoms with E-state index in [1.165, 1.54) is 11.4 Å². The van der Waals surface area contributed by atoms with Crippen molar-refractivity contribution in [3.8, 4) is 11.4 Å². The molecule has 0 saturated carbocycles. The molecule has 0 atom stereocenters. The Hall–Kier alpha value is -2.16. The van der Waals surface area contributed by atoms with Crippen molar-refractivity contribution in [3.05, 3.63) is 41.2 Å². The number of rotatable bonds is 6. The number of aryl methyl sites for hydroxylation is 1. The van der Waals surface area contributed by atoms with Crippen LogP contribution in [0.25, 0.3) is 5.69 Å². The van der Waals surface area contributed by atoms with Gasteiger partial charge >= 0.3 is 5.92 Å². The van der Waals surface area contributed by atoms with Gasteiger partial charge < -0.3 is 18.9 Å². The van der Waals surface area contributed by atoms with E-state index in [1.807, 2.05) is 6.07 Å². The number of ether oxygens (including phenoxy) is 2. The van der Waals surface area contributed by atoms with Crippen molar-refractivity contribution in [2.24, 2.45) is 0 Å². The van der Waals surface area contributed by atoms with Crippen molar-refractivity contribution in [1.29, 1.82) is 0 Å². The molecule has 2 fully saturated rings. The third-order valence-electron chi connectivity index (χ3n) is 7.17. The molecule has 5 rings (SSSR count). The number of anilines is 1. The summed E-state index contributed by atoms with van der Waals surface area (Å²) in [5.74, 6) is -2.64. The van der Waals surface area contributed by atoms with Crippen LogP contribution >= 0.6 is 0 Å². The fourth-order valence-corrected chi connectivity index (χ4v) is 5.28. The lowest BCUT2D eigenvalue weighted by molar-refractivity contribution is -0.0213. The summed E-state index contributed by atoms with van der Waals surface area (Å²) in [5, 5.41) is 0. The molecule has 0 radical (unpaired) electrons. The standard InChI is InChI=1S/C25H34F2N4O2/c1-3-22-23(30-10-8-28(9-11-30)6-7-29-12-14-32-15-13-29)16-19(2)31(22)20-4-5-24-21(17-20)25(26,27)18-33-24/h4-5,16-17H,3,6-15,18H2,1-2H3. The summed E-state index contributed by atoms with van der Waals surface area (Å²) in [6.07, 6.45) is 0.838. The molecule has 4 heterocycles. The molecular weight excluding hydrogens is 426 g/mol. The largest absolute Gasteiger partial charge is 0.486 e. The maximum absolute atomic E-state index is 14.3. The molecular formula is C25H34F2N4O2. The van der Waals surface area contributed by atoms with Gasteiger partial charge in [-0.1, -0.05) is 6.92 Å². The number of benzene rings is 1. The van der Waals surface area contributed by atoms with E-state index >= 15 is 0 Å². The van der Waals surface area contributed by atoms with Crippen molar-refractivity contribution in [2.75, 3.05) is 77.1 Å². The van der Waals surface area contributed by atoms with Gasteiger partial charge in [0, 0.05) is 69.4 Å². The van der Waals surface area contributed by atoms with Crippen LogP contribution in [-0.2, 0) is 17.1 Å². The summed E-state index contributed by atoms with van der Waals surface area (Å²) in [6.45, 7) is 13.6. The van der Waals surface area contributed by atoms with Crippen molar-refractivity contribution < 1.29 is 18.3 Å². The smallest absolute Gasteiger partial charge is 0.310 e. The molecule has 0 amide bonds. The number of hydrogen-bond acceptors (Lipinski definition) is 5. The molecule has 0 aliphatic carbocycles. The van der Waals surface area contributed by atoms with E-state index in [-0.39, 0.29) is 5.56 Å². The highest BCUT2D eigenvalue weighted by Gasteiger charge is 2.41. The van der Waals surface area contributed by atoms with Gasteiger partial charge in [0.25, 0.3) is 0 Å². The Labute approximate surface area is 194 Å². The minimum absolute atomic E-state index is 0.00872. The molecule has 0 bridgehead atoms. The third kappa shape index (κ3) is 4.48. The van der Waals surface area contributed by atoms with Gasteiger partial charge in [-0.05, 0) is 37.6 Å². The zero-order valence-electron chi connectivity index (χ0n) is 19.7. The summed E-state index contributed by atoms with van der Waals surface area (Å²) in [4.78, 5) is 7.49. The lowest BCUT2D eigenvalue weighted by atomic mass is 10.1. The number of piperazine rings is 1. The first-order valence-corrected chi connectivity index (χ1v) is 12.1. The predicted molar refractivity (Wildman–Crippen MR) is 125 cm³/mol. The number of hydrogen-bond donors (Lipinski definition) is 0. The van der Waals surface area contributed by atoms with E-state index < -0.39 is 12.5 Å². The zero-order valence-corrected chi connectivity index (χ0v) is 19.7. The van der Waals surface area contributed by atoms with Gasteiger partial charge in [-0.25, -0.2) is 0 Å². The minimum atomic E-state index is -2.93. The first-order chi connectivity index (χ1) is 16.0. The molecule has 0 unspecified atom stereocenters. The van der Waals surface area contributed by atoms with Gasteiger partial charge in [-0.15, -0.1) is 0 Å². The first kappa shape index (κ1) is 22.6. The third-order valence-corrected chi connectivity index (χ3v) is 7.17. The van der Waals surface area contributed by atoms with Crippen molar-refractivity contribution in [1.82, 2.24) is 14.4 Å². The predicted octanol–water partition coefficient (Wildman–Crippen LogP) is 3.29. The molecule has 0 spiro atoms. The van der Waals surface area contributed by atoms with Gasteiger partial charge in [0.2, 0.25) is 0 Å². The lowest BCUT2D eigenvalue weighted by Crippen LogP contribution is -2.49. The molecule has 2 aromatic rings. The number of morpholine rings is 1. The summed E-state index contributed by atoms with van der Waals surface area (Å²) in [5.41, 5.74) is 4.25. The normalized spacial score (nSPS) is 21.3. The number of alkyl halides is 2. The second kappa shape index (κ2) is 9.24. The fraction of sp³-hybridized carbons (Fsp3) is 0.600. The van der Waals surface area contributed by atoms with Gasteiger partial charge in [0.1, 0.15) is 5.75 Å². The van der Waals surface area contributed by atoms with Crippen LogP contribution in [0, 0.1) is 6.92 Å². The Kier molecular flexibility index (Phi) is 6.33. The van der Waals surface area contributed by atoms with E-state index in [1.54, 1.807) is 12.1 Å². The molecule has 3 aliphatic rings. The molecule has 8 heteroatoms. The first-order valence-electron chi connectivity index (χ1n) is 12.1. The quantitative estimate of drug-likeness (QED) is 0.661. The molecule has 1 aromatic carbocycles. The molecule has 180 valence electrons. The van der Waals surface area contributed by atoms with Crippen LogP contribution in [0.5, 0.6) is 5.75 Å². The van der Waals surface area contributed by atoms with Crippen molar-refractivity contribution >= 4 is 5.69 Å². The monoisotopic (exact) mass is 460 g/mol. The Morgan fingerprint density at radius 3 is 2.33 bits per heavy atom. The average Bonchev–Trinajstić information content (AvgIpc) is 3.34. The molecule has 3 aliphatic heterocycles. The maximum Gasteiger partial charge on any atom is 0.310 e. The Morgan fingerprint density at radius 1 is 0.939 bits per heavy atom.